The summed E-state index contributed by atoms with van der Waals surface area (Å²) in [5.41, 5.74) is 12.2. The van der Waals surface area contributed by atoms with Crippen LogP contribution in [0.15, 0.2) is 91.3 Å². The third-order valence-corrected chi connectivity index (χ3v) is 11.2. The van der Waals surface area contributed by atoms with Gasteiger partial charge in [-0.15, -0.1) is 0 Å². The predicted molar refractivity (Wildman–Crippen MR) is 216 cm³/mol. The number of carbonyl (C=O) groups excluding carboxylic acids is 3. The van der Waals surface area contributed by atoms with Gasteiger partial charge in [0.25, 0.3) is 5.91 Å². The molecule has 3 amide bonds. The number of carbonyl (C=O) groups is 3. The second-order valence-corrected chi connectivity index (χ2v) is 15.0. The Balaban J connectivity index is 1.02. The summed E-state index contributed by atoms with van der Waals surface area (Å²) in [6.07, 6.45) is 5.19. The molecule has 292 valence electrons. The molecule has 4 heterocycles. The van der Waals surface area contributed by atoms with E-state index < -0.39 is 12.2 Å². The van der Waals surface area contributed by atoms with Crippen LogP contribution in [0.5, 0.6) is 0 Å². The molecule has 0 spiro atoms. The van der Waals surface area contributed by atoms with E-state index in [1.807, 2.05) is 43.1 Å². The molecule has 12 heteroatoms. The lowest BCUT2D eigenvalue weighted by molar-refractivity contribution is -0.143. The molecule has 12 nitrogen and oxygen atoms in total. The summed E-state index contributed by atoms with van der Waals surface area (Å²) < 4.78 is 5.18. The molecule has 2 aromatic heterocycles. The van der Waals surface area contributed by atoms with E-state index in [1.54, 1.807) is 11.1 Å². The number of hydrogen-bond donors (Lipinski definition) is 3. The lowest BCUT2D eigenvalue weighted by Gasteiger charge is -2.34. The first-order chi connectivity index (χ1) is 27.2. The van der Waals surface area contributed by atoms with Gasteiger partial charge in [0.1, 0.15) is 17.7 Å². The fraction of sp³-hybridized carbons (Fsp3) is 0.386. The number of primary amides is 1. The second-order valence-electron chi connectivity index (χ2n) is 15.0. The quantitative estimate of drug-likeness (QED) is 0.112. The van der Waals surface area contributed by atoms with Crippen LogP contribution in [0.4, 0.5) is 4.79 Å². The standard InChI is InChI=1S/C44H52N8O4/c1-5-50(6-2)38(33-12-8-7-9-13-33)42(53)51-24-10-14-36(51)40-46-26-34(48-40)31-20-16-29(17-21-31)30-18-22-32(23-19-30)35-27-47-41(49-35)37-15-11-25-52(37)43(54)39(28(3)4)56-44(45)55/h7-9,12-13,16-23,26-28,36-39H,5-6,10-11,14-15,24-25H2,1-4H3,(H2,45,55)(H,46,48)(H,47,49)/t36-,37-,38+,39-/m0/s1. The monoisotopic (exact) mass is 756 g/mol. The molecular weight excluding hydrogens is 705 g/mol. The fourth-order valence-electron chi connectivity index (χ4n) is 8.27. The summed E-state index contributed by atoms with van der Waals surface area (Å²) in [6, 6.07) is 26.2. The van der Waals surface area contributed by atoms with Crippen LogP contribution in [0.2, 0.25) is 0 Å². The molecule has 2 saturated heterocycles. The maximum absolute atomic E-state index is 14.2. The van der Waals surface area contributed by atoms with Crippen molar-refractivity contribution in [1.29, 1.82) is 0 Å². The Hall–Kier alpha value is -5.75. The number of amides is 3. The third-order valence-electron chi connectivity index (χ3n) is 11.2. The van der Waals surface area contributed by atoms with Crippen molar-refractivity contribution in [3.8, 4) is 33.6 Å². The number of likely N-dealkylation sites (N-methyl/N-ethyl adjacent to an activating group) is 1. The molecule has 3 aromatic carbocycles. The van der Waals surface area contributed by atoms with Crippen LogP contribution < -0.4 is 5.73 Å². The molecular formula is C44H52N8O4. The molecule has 0 unspecified atom stereocenters. The number of H-pyrrole nitrogens is 2. The van der Waals surface area contributed by atoms with E-state index in [0.29, 0.717) is 18.9 Å². The molecule has 0 aliphatic carbocycles. The summed E-state index contributed by atoms with van der Waals surface area (Å²) in [7, 11) is 0. The van der Waals surface area contributed by atoms with Crippen molar-refractivity contribution in [3.05, 3.63) is 108 Å². The van der Waals surface area contributed by atoms with Crippen LogP contribution in [-0.2, 0) is 14.3 Å². The Labute approximate surface area is 328 Å². The van der Waals surface area contributed by atoms with E-state index in [1.165, 1.54) is 0 Å². The molecule has 2 aliphatic rings. The largest absolute Gasteiger partial charge is 0.436 e. The summed E-state index contributed by atoms with van der Waals surface area (Å²) >= 11 is 0. The van der Waals surface area contributed by atoms with Gasteiger partial charge in [-0.25, -0.2) is 14.8 Å². The Morgan fingerprint density at radius 2 is 1.20 bits per heavy atom. The van der Waals surface area contributed by atoms with Gasteiger partial charge in [0.05, 0.1) is 35.9 Å². The molecule has 56 heavy (non-hydrogen) atoms. The Kier molecular flexibility index (Phi) is 11.7. The zero-order valence-corrected chi connectivity index (χ0v) is 32.7. The molecule has 5 aromatic rings. The summed E-state index contributed by atoms with van der Waals surface area (Å²) in [6.45, 7) is 10.7. The highest BCUT2D eigenvalue weighted by atomic mass is 16.6. The number of imidazole rings is 2. The van der Waals surface area contributed by atoms with Gasteiger partial charge in [0.2, 0.25) is 5.91 Å². The summed E-state index contributed by atoms with van der Waals surface area (Å²) in [5.74, 6) is 1.20. The molecule has 4 atom stereocenters. The minimum Gasteiger partial charge on any atom is -0.436 e. The molecule has 2 fully saturated rings. The predicted octanol–water partition coefficient (Wildman–Crippen LogP) is 7.66. The van der Waals surface area contributed by atoms with Gasteiger partial charge in [-0.05, 0) is 72.5 Å². The van der Waals surface area contributed by atoms with Gasteiger partial charge in [-0.2, -0.15) is 0 Å². The Morgan fingerprint density at radius 3 is 1.64 bits per heavy atom. The lowest BCUT2D eigenvalue weighted by Crippen LogP contribution is -2.44. The van der Waals surface area contributed by atoms with Gasteiger partial charge in [-0.3, -0.25) is 14.5 Å². The lowest BCUT2D eigenvalue weighted by atomic mass is 10.0. The highest BCUT2D eigenvalue weighted by molar-refractivity contribution is 5.85. The number of aromatic amines is 2. The number of aromatic nitrogens is 4. The average Bonchev–Trinajstić information content (AvgIpc) is 4.06. The maximum Gasteiger partial charge on any atom is 0.405 e. The first-order valence-corrected chi connectivity index (χ1v) is 19.8. The minimum absolute atomic E-state index is 0.0959. The molecule has 7 rings (SSSR count). The first kappa shape index (κ1) is 38.5. The van der Waals surface area contributed by atoms with Crippen molar-refractivity contribution in [2.45, 2.75) is 77.6 Å². The van der Waals surface area contributed by atoms with Gasteiger partial charge in [-0.1, -0.05) is 107 Å². The number of rotatable bonds is 13. The van der Waals surface area contributed by atoms with Crippen LogP contribution in [-0.4, -0.2) is 84.8 Å². The van der Waals surface area contributed by atoms with E-state index >= 15 is 0 Å². The number of hydrogen-bond acceptors (Lipinski definition) is 7. The average molecular weight is 757 g/mol. The number of nitrogens with two attached hydrogens (primary N) is 1. The number of nitrogens with one attached hydrogen (secondary N) is 2. The highest BCUT2D eigenvalue weighted by Crippen LogP contribution is 2.37. The fourth-order valence-corrected chi connectivity index (χ4v) is 8.27. The van der Waals surface area contributed by atoms with Crippen molar-refractivity contribution >= 4 is 17.9 Å². The van der Waals surface area contributed by atoms with Crippen molar-refractivity contribution < 1.29 is 19.1 Å². The number of nitrogens with zero attached hydrogens (tertiary/aromatic N) is 5. The molecule has 0 saturated carbocycles. The van der Waals surface area contributed by atoms with Crippen LogP contribution in [0, 0.1) is 5.92 Å². The third kappa shape index (κ3) is 7.97. The van der Waals surface area contributed by atoms with Gasteiger partial charge in [0.15, 0.2) is 6.10 Å². The van der Waals surface area contributed by atoms with Crippen molar-refractivity contribution in [2.75, 3.05) is 26.2 Å². The molecule has 0 radical (unpaired) electrons. The van der Waals surface area contributed by atoms with Gasteiger partial charge in [0, 0.05) is 13.1 Å². The number of benzene rings is 3. The van der Waals surface area contributed by atoms with E-state index in [-0.39, 0.29) is 35.9 Å². The zero-order chi connectivity index (χ0) is 39.3. The van der Waals surface area contributed by atoms with Crippen LogP contribution in [0.3, 0.4) is 0 Å². The first-order valence-electron chi connectivity index (χ1n) is 19.8. The van der Waals surface area contributed by atoms with E-state index in [9.17, 15) is 14.4 Å². The van der Waals surface area contributed by atoms with Crippen LogP contribution in [0.1, 0.15) is 88.7 Å². The SMILES string of the molecule is CCN(CC)[C@@H](C(=O)N1CCC[C@H]1c1ncc(-c2ccc(-c3ccc(-c4cnc([C@@H]5CCCN5C(=O)[C@@H](OC(N)=O)C(C)C)[nH]4)cc3)cc2)[nH]1)c1ccccc1. The number of ether oxygens (including phenoxy) is 1. The van der Waals surface area contributed by atoms with E-state index in [4.69, 9.17) is 15.5 Å². The smallest absolute Gasteiger partial charge is 0.405 e. The molecule has 4 N–H and O–H groups in total. The maximum atomic E-state index is 14.2. The number of likely N-dealkylation sites (tertiary alicyclic amines) is 2. The van der Waals surface area contributed by atoms with Crippen LogP contribution in [0.25, 0.3) is 33.6 Å². The second kappa shape index (κ2) is 16.9. The van der Waals surface area contributed by atoms with Crippen molar-refractivity contribution in [1.82, 2.24) is 34.6 Å². The van der Waals surface area contributed by atoms with E-state index in [2.05, 4.69) is 94.4 Å². The van der Waals surface area contributed by atoms with Crippen LogP contribution >= 0.6 is 0 Å². The molecule has 0 bridgehead atoms. The van der Waals surface area contributed by atoms with Gasteiger partial charge >= 0.3 is 6.09 Å². The summed E-state index contributed by atoms with van der Waals surface area (Å²) in [4.78, 5) is 61.5. The van der Waals surface area contributed by atoms with Gasteiger partial charge < -0.3 is 30.2 Å². The topological polar surface area (TPSA) is 154 Å². The Bertz CT molecular complexity index is 2110. The van der Waals surface area contributed by atoms with E-state index in [0.717, 1.165) is 83.8 Å². The normalized spacial score (nSPS) is 18.1. The zero-order valence-electron chi connectivity index (χ0n) is 32.7. The Morgan fingerprint density at radius 1 is 0.732 bits per heavy atom. The molecule has 2 aliphatic heterocycles. The van der Waals surface area contributed by atoms with Crippen molar-refractivity contribution in [2.24, 2.45) is 11.7 Å². The minimum atomic E-state index is -0.954. The summed E-state index contributed by atoms with van der Waals surface area (Å²) in [5, 5.41) is 0. The highest BCUT2D eigenvalue weighted by Gasteiger charge is 2.39. The van der Waals surface area contributed by atoms with Crippen molar-refractivity contribution in [3.63, 3.8) is 0 Å².